The molecule has 4 heteroatoms. The Morgan fingerprint density at radius 1 is 1.25 bits per heavy atom. The average Bonchev–Trinajstić information content (AvgIpc) is 1.00. The summed E-state index contributed by atoms with van der Waals surface area (Å²) in [6, 6.07) is 0. The van der Waals surface area contributed by atoms with Crippen LogP contribution in [-0.2, 0) is 2.81 Å². The van der Waals surface area contributed by atoms with Gasteiger partial charge in [-0.2, -0.15) is 0 Å². The van der Waals surface area contributed by atoms with Crippen LogP contribution in [0.3, 0.4) is 0 Å². The van der Waals surface area contributed by atoms with Crippen LogP contribution in [0, 0.1) is 35.6 Å². The molecule has 0 saturated heterocycles. The second kappa shape index (κ2) is 16.1. The number of hydrogen-bond acceptors (Lipinski definition) is 1. The Balaban J connectivity index is -0.00000000500. The van der Waals surface area contributed by atoms with E-state index in [2.05, 4.69) is 0 Å². The Labute approximate surface area is 109 Å². The predicted octanol–water partition coefficient (Wildman–Crippen LogP) is -1.68. The van der Waals surface area contributed by atoms with Gasteiger partial charge in [0.15, 0.2) is 0 Å². The molecule has 0 aromatic heterocycles. The van der Waals surface area contributed by atoms with Gasteiger partial charge in [0.1, 0.15) is 0 Å². The Bertz CT molecular complexity index is 8.00. The molecule has 19 valence electrons. The van der Waals surface area contributed by atoms with Crippen LogP contribution in [0.2, 0.25) is 0 Å². The molecule has 0 aliphatic carbocycles. The van der Waals surface area contributed by atoms with E-state index in [9.17, 15) is 0 Å². The Hall–Kier alpha value is 3.45. The first-order valence-corrected chi connectivity index (χ1v) is 1.79. The van der Waals surface area contributed by atoms with Crippen LogP contribution < -0.4 is 0 Å². The van der Waals surface area contributed by atoms with Gasteiger partial charge in [-0.1, -0.05) is 0 Å². The van der Waals surface area contributed by atoms with Crippen molar-refractivity contribution in [3.05, 3.63) is 0 Å². The van der Waals surface area contributed by atoms with Gasteiger partial charge in [0.05, 0.1) is 0 Å². The van der Waals surface area contributed by atoms with E-state index in [1.807, 2.05) is 0 Å². The predicted molar refractivity (Wildman–Crippen MR) is 16.4 cm³/mol. The summed E-state index contributed by atoms with van der Waals surface area (Å²) in [5, 5.41) is 0. The van der Waals surface area contributed by atoms with Gasteiger partial charge in [0, 0.05) is 35.6 Å². The topological polar surface area (TPSA) is 17.1 Å². The summed E-state index contributed by atoms with van der Waals surface area (Å²) in [7, 11) is 0. The van der Waals surface area contributed by atoms with Crippen LogP contribution in [0.1, 0.15) is 0 Å². The van der Waals surface area contributed by atoms with E-state index in [0.29, 0.717) is 0 Å². The second-order valence-corrected chi connectivity index (χ2v) is 0. The van der Waals surface area contributed by atoms with Gasteiger partial charge in [-0.05, 0) is 0 Å². The summed E-state index contributed by atoms with van der Waals surface area (Å²) in [5.41, 5.74) is 0. The molecule has 0 spiro atoms. The quantitative estimate of drug-likeness (QED) is 0.361. The molecule has 0 aliphatic rings. The summed E-state index contributed by atoms with van der Waals surface area (Å²) in [4.78, 5) is 0. The number of hydrogen-bond donors (Lipinski definition) is 0. The average molecular weight is 504 g/mol. The minimum absolute atomic E-state index is 0. The zero-order valence-electron chi connectivity index (χ0n) is 1.49. The second-order valence-electron chi connectivity index (χ2n) is 0. The molecular weight excluding hydrogens is 501 g/mol. The first kappa shape index (κ1) is 15.7. The van der Waals surface area contributed by atoms with Crippen molar-refractivity contribution in [2.45, 2.75) is 0 Å². The van der Waals surface area contributed by atoms with E-state index in [1.54, 1.807) is 0 Å². The Kier molecular flexibility index (Phi) is 63.0. The molecule has 0 aromatic carbocycles. The van der Waals surface area contributed by atoms with Crippen LogP contribution in [0.15, 0.2) is 0 Å². The summed E-state index contributed by atoms with van der Waals surface area (Å²) in [5.74, 6) is 0. The Morgan fingerprint density at radius 2 is 1.25 bits per heavy atom. The Morgan fingerprint density at radius 3 is 1.25 bits per heavy atom. The van der Waals surface area contributed by atoms with Gasteiger partial charge in [-0.25, -0.2) is 0 Å². The standard InChI is InChI=1S/Ba.Bi.La.O.3H. The molecule has 0 heterocycles. The van der Waals surface area contributed by atoms with Crippen LogP contribution in [0.4, 0.5) is 0 Å². The van der Waals surface area contributed by atoms with Crippen molar-refractivity contribution in [1.29, 1.82) is 0 Å². The van der Waals surface area contributed by atoms with Crippen molar-refractivity contribution in [1.82, 2.24) is 0 Å². The van der Waals surface area contributed by atoms with Crippen molar-refractivity contribution in [2.75, 3.05) is 0 Å². The fraction of sp³-hybridized carbons (Fsp3) is 0. The third-order valence-electron chi connectivity index (χ3n) is 0. The summed E-state index contributed by atoms with van der Waals surface area (Å²) in [6.45, 7) is 0. The maximum atomic E-state index is 8.39. The molecule has 1 radical (unpaired) electrons. The normalized spacial score (nSPS) is 1.00. The fourth-order valence-corrected chi connectivity index (χ4v) is 0. The third kappa shape index (κ3) is 9.07. The fourth-order valence-electron chi connectivity index (χ4n) is 0. The van der Waals surface area contributed by atoms with Crippen molar-refractivity contribution in [3.8, 4) is 0 Å². The van der Waals surface area contributed by atoms with Crippen molar-refractivity contribution in [3.63, 3.8) is 0 Å². The van der Waals surface area contributed by atoms with E-state index in [4.69, 9.17) is 2.81 Å². The molecule has 0 fully saturated rings. The molecule has 0 unspecified atom stereocenters. The van der Waals surface area contributed by atoms with E-state index in [0.717, 1.165) is 0 Å². The van der Waals surface area contributed by atoms with Crippen LogP contribution in [0.25, 0.3) is 0 Å². The SMILES string of the molecule is [BaH2].[La].[O]=[BiH]. The van der Waals surface area contributed by atoms with Crippen molar-refractivity contribution >= 4 is 73.6 Å². The van der Waals surface area contributed by atoms with Crippen LogP contribution in [-0.4, -0.2) is 73.6 Å². The van der Waals surface area contributed by atoms with Crippen molar-refractivity contribution in [2.24, 2.45) is 0 Å². The summed E-state index contributed by atoms with van der Waals surface area (Å²) in [6.07, 6.45) is 0. The molecule has 0 atom stereocenters. The zero-order valence-corrected chi connectivity index (χ0v) is 9.00. The van der Waals surface area contributed by atoms with E-state index in [1.165, 1.54) is 0 Å². The van der Waals surface area contributed by atoms with E-state index in [-0.39, 0.29) is 109 Å². The zero-order chi connectivity index (χ0) is 2.00. The molecule has 0 saturated carbocycles. The summed E-state index contributed by atoms with van der Waals surface area (Å²) < 4.78 is 8.39. The third-order valence-corrected chi connectivity index (χ3v) is 0. The molecule has 0 aliphatic heterocycles. The monoisotopic (exact) mass is 505 g/mol. The van der Waals surface area contributed by atoms with E-state index >= 15 is 0 Å². The summed E-state index contributed by atoms with van der Waals surface area (Å²) >= 11 is 0.0556. The molecule has 0 aromatic rings. The van der Waals surface area contributed by atoms with E-state index < -0.39 is 0 Å². The van der Waals surface area contributed by atoms with Gasteiger partial charge >= 0.3 is 76.4 Å². The molecular formula is H3BaBiLaO. The van der Waals surface area contributed by atoms with Gasteiger partial charge in [0.2, 0.25) is 0 Å². The number of rotatable bonds is 0. The molecule has 0 N–H and O–H groups in total. The first-order valence-electron chi connectivity index (χ1n) is 0.204. The van der Waals surface area contributed by atoms with Gasteiger partial charge in [-0.15, -0.1) is 0 Å². The van der Waals surface area contributed by atoms with Gasteiger partial charge < -0.3 is 0 Å². The van der Waals surface area contributed by atoms with Gasteiger partial charge in [-0.3, -0.25) is 0 Å². The van der Waals surface area contributed by atoms with Crippen molar-refractivity contribution < 1.29 is 38.4 Å². The maximum absolute atomic E-state index is 8.39. The molecule has 0 rings (SSSR count). The van der Waals surface area contributed by atoms with Crippen LogP contribution in [0.5, 0.6) is 0 Å². The molecule has 0 amide bonds. The first-order chi connectivity index (χ1) is 1.00. The molecule has 4 heavy (non-hydrogen) atoms. The minimum atomic E-state index is 0. The molecule has 0 bridgehead atoms. The molecule has 1 nitrogen and oxygen atoms in total. The van der Waals surface area contributed by atoms with Gasteiger partial charge in [0.25, 0.3) is 0 Å². The van der Waals surface area contributed by atoms with Crippen LogP contribution >= 0.6 is 0 Å².